The molecule has 4 rings (SSSR count). The van der Waals surface area contributed by atoms with Crippen LogP contribution in [0.5, 0.6) is 0 Å². The number of anilines is 1. The molecule has 1 atom stereocenters. The second kappa shape index (κ2) is 9.60. The summed E-state index contributed by atoms with van der Waals surface area (Å²) in [5.74, 6) is -0.747. The molecular formula is C23H31N3O5S. The topological polar surface area (TPSA) is 96.3 Å². The second-order valence-corrected chi connectivity index (χ2v) is 11.2. The van der Waals surface area contributed by atoms with E-state index in [4.69, 9.17) is 4.74 Å². The van der Waals surface area contributed by atoms with Crippen molar-refractivity contribution in [3.8, 4) is 0 Å². The van der Waals surface area contributed by atoms with Gasteiger partial charge in [-0.1, -0.05) is 19.3 Å². The zero-order chi connectivity index (χ0) is 22.7. The Morgan fingerprint density at radius 3 is 2.41 bits per heavy atom. The largest absolute Gasteiger partial charge is 0.452 e. The van der Waals surface area contributed by atoms with Crippen molar-refractivity contribution in [1.29, 1.82) is 0 Å². The zero-order valence-corrected chi connectivity index (χ0v) is 19.3. The van der Waals surface area contributed by atoms with E-state index in [1.165, 1.54) is 0 Å². The Morgan fingerprint density at radius 2 is 1.81 bits per heavy atom. The van der Waals surface area contributed by atoms with Crippen LogP contribution in [0.4, 0.5) is 5.69 Å². The van der Waals surface area contributed by atoms with Gasteiger partial charge < -0.3 is 9.64 Å². The SMILES string of the molecule is CC1=NN(c2ccc(C(=O)OCC(=O)N(C3CCCCC3)C3CCS(=O)(=O)C3)cc2)CC1. The molecule has 0 bridgehead atoms. The Hall–Kier alpha value is -2.42. The fourth-order valence-electron chi connectivity index (χ4n) is 4.87. The molecule has 3 aliphatic rings. The molecule has 1 aromatic carbocycles. The highest BCUT2D eigenvalue weighted by molar-refractivity contribution is 7.91. The quantitative estimate of drug-likeness (QED) is 0.605. The number of esters is 1. The van der Waals surface area contributed by atoms with Crippen LogP contribution in [0.3, 0.4) is 0 Å². The minimum Gasteiger partial charge on any atom is -0.452 e. The average Bonchev–Trinajstić information content (AvgIpc) is 3.38. The normalized spacial score (nSPS) is 23.1. The molecule has 1 saturated heterocycles. The molecule has 174 valence electrons. The molecular weight excluding hydrogens is 430 g/mol. The van der Waals surface area contributed by atoms with Crippen molar-refractivity contribution in [3.63, 3.8) is 0 Å². The van der Waals surface area contributed by atoms with E-state index < -0.39 is 15.8 Å². The molecule has 9 heteroatoms. The van der Waals surface area contributed by atoms with Crippen LogP contribution in [0.1, 0.15) is 62.2 Å². The van der Waals surface area contributed by atoms with Gasteiger partial charge in [0, 0.05) is 30.8 Å². The highest BCUT2D eigenvalue weighted by atomic mass is 32.2. The zero-order valence-electron chi connectivity index (χ0n) is 18.5. The van der Waals surface area contributed by atoms with Gasteiger partial charge in [-0.2, -0.15) is 5.10 Å². The Balaban J connectivity index is 1.38. The molecule has 1 saturated carbocycles. The lowest BCUT2D eigenvalue weighted by Crippen LogP contribution is -2.50. The van der Waals surface area contributed by atoms with E-state index in [9.17, 15) is 18.0 Å². The minimum absolute atomic E-state index is 0.00308. The summed E-state index contributed by atoms with van der Waals surface area (Å²) >= 11 is 0. The third kappa shape index (κ3) is 5.31. The minimum atomic E-state index is -3.12. The van der Waals surface area contributed by atoms with Crippen molar-refractivity contribution in [3.05, 3.63) is 29.8 Å². The van der Waals surface area contributed by atoms with Crippen LogP contribution in [0.2, 0.25) is 0 Å². The number of carbonyl (C=O) groups is 2. The Bertz CT molecular complexity index is 983. The van der Waals surface area contributed by atoms with Crippen LogP contribution in [-0.2, 0) is 19.4 Å². The van der Waals surface area contributed by atoms with Crippen molar-refractivity contribution in [1.82, 2.24) is 4.90 Å². The molecule has 32 heavy (non-hydrogen) atoms. The number of benzene rings is 1. The Morgan fingerprint density at radius 1 is 1.09 bits per heavy atom. The molecule has 1 unspecified atom stereocenters. The Labute approximate surface area is 189 Å². The molecule has 0 spiro atoms. The lowest BCUT2D eigenvalue weighted by atomic mass is 9.93. The van der Waals surface area contributed by atoms with Gasteiger partial charge in [-0.05, 0) is 50.5 Å². The van der Waals surface area contributed by atoms with Gasteiger partial charge in [-0.15, -0.1) is 0 Å². The summed E-state index contributed by atoms with van der Waals surface area (Å²) in [7, 11) is -3.12. The third-order valence-corrected chi connectivity index (χ3v) is 8.31. The lowest BCUT2D eigenvalue weighted by molar-refractivity contribution is -0.140. The fourth-order valence-corrected chi connectivity index (χ4v) is 6.59. The maximum absolute atomic E-state index is 13.1. The van der Waals surface area contributed by atoms with Crippen LogP contribution < -0.4 is 5.01 Å². The second-order valence-electron chi connectivity index (χ2n) is 8.98. The summed E-state index contributed by atoms with van der Waals surface area (Å²) in [6, 6.07) is 6.69. The van der Waals surface area contributed by atoms with Crippen LogP contribution in [0.15, 0.2) is 29.4 Å². The van der Waals surface area contributed by atoms with Crippen molar-refractivity contribution in [2.24, 2.45) is 5.10 Å². The number of hydrogen-bond donors (Lipinski definition) is 0. The first-order chi connectivity index (χ1) is 15.3. The number of hydrogen-bond acceptors (Lipinski definition) is 7. The molecule has 1 amide bonds. The van der Waals surface area contributed by atoms with Gasteiger partial charge in [0.1, 0.15) is 0 Å². The summed E-state index contributed by atoms with van der Waals surface area (Å²) in [6.45, 7) is 2.43. The number of hydrazone groups is 1. The number of nitrogens with zero attached hydrogens (tertiary/aromatic N) is 3. The van der Waals surface area contributed by atoms with E-state index in [1.807, 2.05) is 24.1 Å². The number of sulfone groups is 1. The Kier molecular flexibility index (Phi) is 6.83. The summed E-state index contributed by atoms with van der Waals surface area (Å²) in [6.07, 6.45) is 6.31. The number of rotatable bonds is 6. The predicted molar refractivity (Wildman–Crippen MR) is 123 cm³/mol. The van der Waals surface area contributed by atoms with Crippen molar-refractivity contribution >= 4 is 33.1 Å². The molecule has 2 fully saturated rings. The summed E-state index contributed by atoms with van der Waals surface area (Å²) < 4.78 is 29.4. The molecule has 2 heterocycles. The predicted octanol–water partition coefficient (Wildman–Crippen LogP) is 2.78. The van der Waals surface area contributed by atoms with Crippen LogP contribution in [0.25, 0.3) is 0 Å². The lowest BCUT2D eigenvalue weighted by Gasteiger charge is -2.38. The van der Waals surface area contributed by atoms with E-state index >= 15 is 0 Å². The fraction of sp³-hybridized carbons (Fsp3) is 0.609. The van der Waals surface area contributed by atoms with Gasteiger partial charge in [0.05, 0.1) is 22.8 Å². The average molecular weight is 462 g/mol. The van der Waals surface area contributed by atoms with Gasteiger partial charge in [0.15, 0.2) is 16.4 Å². The van der Waals surface area contributed by atoms with Crippen molar-refractivity contribution in [2.75, 3.05) is 29.7 Å². The number of ether oxygens (including phenoxy) is 1. The maximum Gasteiger partial charge on any atom is 0.338 e. The summed E-state index contributed by atoms with van der Waals surface area (Å²) in [5, 5.41) is 6.34. The van der Waals surface area contributed by atoms with Crippen LogP contribution in [-0.4, -0.2) is 67.6 Å². The van der Waals surface area contributed by atoms with Crippen molar-refractivity contribution in [2.45, 2.75) is 64.0 Å². The van der Waals surface area contributed by atoms with Gasteiger partial charge >= 0.3 is 5.97 Å². The molecule has 1 aliphatic carbocycles. The van der Waals surface area contributed by atoms with E-state index in [2.05, 4.69) is 5.10 Å². The van der Waals surface area contributed by atoms with Crippen LogP contribution in [0, 0.1) is 0 Å². The van der Waals surface area contributed by atoms with Crippen LogP contribution >= 0.6 is 0 Å². The first-order valence-electron chi connectivity index (χ1n) is 11.4. The highest BCUT2D eigenvalue weighted by Gasteiger charge is 2.38. The molecule has 0 radical (unpaired) electrons. The van der Waals surface area contributed by atoms with E-state index in [1.54, 1.807) is 17.0 Å². The standard InChI is InChI=1S/C23H31N3O5S/c1-17-11-13-25(24-17)19-9-7-18(8-10-19)23(28)31-15-22(27)26(20-5-3-2-4-6-20)21-12-14-32(29,30)16-21/h7-10,20-21H,2-6,11-16H2,1H3. The van der Waals surface area contributed by atoms with Crippen molar-refractivity contribution < 1.29 is 22.7 Å². The van der Waals surface area contributed by atoms with E-state index in [0.717, 1.165) is 56.5 Å². The molecule has 0 N–H and O–H groups in total. The first kappa shape index (κ1) is 22.8. The van der Waals surface area contributed by atoms with E-state index in [-0.39, 0.29) is 36.1 Å². The molecule has 2 aliphatic heterocycles. The monoisotopic (exact) mass is 461 g/mol. The molecule has 0 aromatic heterocycles. The third-order valence-electron chi connectivity index (χ3n) is 6.56. The summed E-state index contributed by atoms with van der Waals surface area (Å²) in [4.78, 5) is 27.3. The van der Waals surface area contributed by atoms with Gasteiger partial charge in [0.25, 0.3) is 5.91 Å². The summed E-state index contributed by atoms with van der Waals surface area (Å²) in [5.41, 5.74) is 2.35. The van der Waals surface area contributed by atoms with Gasteiger partial charge in [0.2, 0.25) is 0 Å². The maximum atomic E-state index is 13.1. The first-order valence-corrected chi connectivity index (χ1v) is 13.2. The number of carbonyl (C=O) groups excluding carboxylic acids is 2. The number of amides is 1. The smallest absolute Gasteiger partial charge is 0.338 e. The highest BCUT2D eigenvalue weighted by Crippen LogP contribution is 2.28. The molecule has 8 nitrogen and oxygen atoms in total. The van der Waals surface area contributed by atoms with Gasteiger partial charge in [-0.3, -0.25) is 9.80 Å². The van der Waals surface area contributed by atoms with E-state index in [0.29, 0.717) is 12.0 Å². The van der Waals surface area contributed by atoms with Gasteiger partial charge in [-0.25, -0.2) is 13.2 Å². The molecule has 1 aromatic rings.